The Morgan fingerprint density at radius 2 is 1.85 bits per heavy atom. The van der Waals surface area contributed by atoms with Crippen LogP contribution in [0.15, 0.2) is 28.7 Å². The second kappa shape index (κ2) is 8.19. The summed E-state index contributed by atoms with van der Waals surface area (Å²) in [5, 5.41) is 8.31. The number of rotatable bonds is 4. The van der Waals surface area contributed by atoms with Crippen molar-refractivity contribution in [1.82, 2.24) is 15.1 Å². The van der Waals surface area contributed by atoms with E-state index in [0.717, 1.165) is 19.4 Å². The van der Waals surface area contributed by atoms with Gasteiger partial charge in [-0.15, -0.1) is 10.2 Å². The van der Waals surface area contributed by atoms with E-state index in [-0.39, 0.29) is 17.6 Å². The molecule has 1 aliphatic heterocycles. The highest BCUT2D eigenvalue weighted by atomic mass is 19.1. The third-order valence-electron chi connectivity index (χ3n) is 5.84. The van der Waals surface area contributed by atoms with Gasteiger partial charge in [0.25, 0.3) is 0 Å². The molecule has 1 amide bonds. The van der Waals surface area contributed by atoms with Crippen molar-refractivity contribution in [2.24, 2.45) is 5.92 Å². The molecule has 0 bridgehead atoms. The van der Waals surface area contributed by atoms with Crippen molar-refractivity contribution in [3.05, 3.63) is 36.0 Å². The van der Waals surface area contributed by atoms with Crippen LogP contribution in [0.2, 0.25) is 0 Å². The van der Waals surface area contributed by atoms with E-state index in [1.54, 1.807) is 12.1 Å². The van der Waals surface area contributed by atoms with Crippen molar-refractivity contribution in [3.63, 3.8) is 0 Å². The number of hydrogen-bond acceptors (Lipinski definition) is 4. The molecule has 2 aliphatic rings. The maximum Gasteiger partial charge on any atom is 0.247 e. The molecule has 27 heavy (non-hydrogen) atoms. The number of aromatic nitrogens is 2. The van der Waals surface area contributed by atoms with Gasteiger partial charge in [-0.2, -0.15) is 0 Å². The zero-order valence-corrected chi connectivity index (χ0v) is 15.6. The lowest BCUT2D eigenvalue weighted by atomic mass is 9.86. The van der Waals surface area contributed by atoms with E-state index in [1.807, 2.05) is 4.90 Å². The lowest BCUT2D eigenvalue weighted by Crippen LogP contribution is -2.40. The quantitative estimate of drug-likeness (QED) is 0.791. The van der Waals surface area contributed by atoms with Gasteiger partial charge in [0.15, 0.2) is 0 Å². The first-order valence-electron chi connectivity index (χ1n) is 10.1. The van der Waals surface area contributed by atoms with E-state index in [1.165, 1.54) is 44.2 Å². The van der Waals surface area contributed by atoms with Gasteiger partial charge < -0.3 is 9.32 Å². The van der Waals surface area contributed by atoms with Crippen molar-refractivity contribution < 1.29 is 13.6 Å². The first-order chi connectivity index (χ1) is 13.2. The third kappa shape index (κ3) is 4.37. The van der Waals surface area contributed by atoms with Crippen molar-refractivity contribution in [1.29, 1.82) is 0 Å². The Balaban J connectivity index is 1.39. The summed E-state index contributed by atoms with van der Waals surface area (Å²) in [4.78, 5) is 14.7. The summed E-state index contributed by atoms with van der Waals surface area (Å²) in [7, 11) is 0. The van der Waals surface area contributed by atoms with Gasteiger partial charge in [-0.05, 0) is 55.9 Å². The average molecular weight is 371 g/mol. The van der Waals surface area contributed by atoms with Gasteiger partial charge in [-0.25, -0.2) is 4.39 Å². The van der Waals surface area contributed by atoms with Crippen LogP contribution in [0.4, 0.5) is 4.39 Å². The number of likely N-dealkylation sites (tertiary alicyclic amines) is 1. The second-order valence-corrected chi connectivity index (χ2v) is 7.84. The molecule has 2 aromatic rings. The Labute approximate surface area is 159 Å². The first kappa shape index (κ1) is 18.1. The van der Waals surface area contributed by atoms with Gasteiger partial charge in [-0.1, -0.05) is 19.3 Å². The van der Waals surface area contributed by atoms with Crippen molar-refractivity contribution in [2.75, 3.05) is 13.1 Å². The number of carbonyl (C=O) groups excluding carboxylic acids is 1. The van der Waals surface area contributed by atoms with E-state index >= 15 is 0 Å². The third-order valence-corrected chi connectivity index (χ3v) is 5.84. The summed E-state index contributed by atoms with van der Waals surface area (Å²) in [5.41, 5.74) is 0.705. The molecule has 1 atom stereocenters. The van der Waals surface area contributed by atoms with Crippen LogP contribution in [-0.2, 0) is 4.79 Å². The normalized spacial score (nSPS) is 21.4. The molecule has 2 heterocycles. The molecular weight excluding hydrogens is 345 g/mol. The predicted octanol–water partition coefficient (Wildman–Crippen LogP) is 4.55. The van der Waals surface area contributed by atoms with Gasteiger partial charge in [-0.3, -0.25) is 4.79 Å². The second-order valence-electron chi connectivity index (χ2n) is 7.84. The topological polar surface area (TPSA) is 59.2 Å². The van der Waals surface area contributed by atoms with Crippen LogP contribution < -0.4 is 0 Å². The molecule has 5 nitrogen and oxygen atoms in total. The smallest absolute Gasteiger partial charge is 0.247 e. The summed E-state index contributed by atoms with van der Waals surface area (Å²) in [6.07, 6.45) is 8.78. The molecule has 4 rings (SSSR count). The molecule has 0 N–H and O–H groups in total. The number of hydrogen-bond donors (Lipinski definition) is 0. The zero-order valence-electron chi connectivity index (χ0n) is 15.6. The van der Waals surface area contributed by atoms with Crippen LogP contribution in [0.25, 0.3) is 11.5 Å². The fourth-order valence-corrected chi connectivity index (χ4v) is 4.28. The number of amides is 1. The fraction of sp³-hybridized carbons (Fsp3) is 0.571. The number of nitrogens with zero attached hydrogens (tertiary/aromatic N) is 3. The predicted molar refractivity (Wildman–Crippen MR) is 99.4 cm³/mol. The van der Waals surface area contributed by atoms with Crippen LogP contribution in [0.3, 0.4) is 0 Å². The average Bonchev–Trinajstić information content (AvgIpc) is 3.20. The van der Waals surface area contributed by atoms with E-state index in [2.05, 4.69) is 10.2 Å². The minimum Gasteiger partial charge on any atom is -0.420 e. The molecule has 2 fully saturated rings. The molecule has 1 aromatic carbocycles. The lowest BCUT2D eigenvalue weighted by Gasteiger charge is -2.32. The number of benzene rings is 1. The monoisotopic (exact) mass is 371 g/mol. The first-order valence-corrected chi connectivity index (χ1v) is 10.1. The Morgan fingerprint density at radius 1 is 1.07 bits per heavy atom. The standard InChI is InChI=1S/C21H26FN3O2/c22-18-10-8-16(9-11-18)20-23-24-21(27-20)17-7-4-12-25(14-17)19(26)13-15-5-2-1-3-6-15/h8-11,15,17H,1-7,12-14H2. The van der Waals surface area contributed by atoms with E-state index < -0.39 is 0 Å². The SMILES string of the molecule is O=C(CC1CCCCC1)N1CCCC(c2nnc(-c3ccc(F)cc3)o2)C1. The minimum absolute atomic E-state index is 0.0794. The van der Waals surface area contributed by atoms with Crippen LogP contribution in [0.1, 0.15) is 63.2 Å². The number of piperidine rings is 1. The molecular formula is C21H26FN3O2. The van der Waals surface area contributed by atoms with Gasteiger partial charge in [0.1, 0.15) is 5.82 Å². The van der Waals surface area contributed by atoms with Crippen molar-refractivity contribution in [2.45, 2.75) is 57.3 Å². The van der Waals surface area contributed by atoms with Crippen LogP contribution in [0, 0.1) is 11.7 Å². The van der Waals surface area contributed by atoms with Gasteiger partial charge in [0, 0.05) is 25.1 Å². The molecule has 1 aliphatic carbocycles. The molecule has 1 saturated carbocycles. The Morgan fingerprint density at radius 3 is 2.63 bits per heavy atom. The van der Waals surface area contributed by atoms with Gasteiger partial charge in [0.05, 0.1) is 5.92 Å². The van der Waals surface area contributed by atoms with E-state index in [0.29, 0.717) is 36.2 Å². The largest absolute Gasteiger partial charge is 0.420 e. The maximum absolute atomic E-state index is 13.1. The molecule has 144 valence electrons. The maximum atomic E-state index is 13.1. The Hall–Kier alpha value is -2.24. The highest BCUT2D eigenvalue weighted by Gasteiger charge is 2.29. The minimum atomic E-state index is -0.294. The summed E-state index contributed by atoms with van der Waals surface area (Å²) < 4.78 is 18.9. The molecule has 0 spiro atoms. The van der Waals surface area contributed by atoms with E-state index in [4.69, 9.17) is 4.42 Å². The highest BCUT2D eigenvalue weighted by molar-refractivity contribution is 5.76. The molecule has 1 unspecified atom stereocenters. The highest BCUT2D eigenvalue weighted by Crippen LogP contribution is 2.31. The Bertz CT molecular complexity index is 768. The number of carbonyl (C=O) groups is 1. The number of halogens is 1. The molecule has 0 radical (unpaired) electrons. The molecule has 1 aromatic heterocycles. The van der Waals surface area contributed by atoms with Crippen LogP contribution in [-0.4, -0.2) is 34.1 Å². The molecule has 1 saturated heterocycles. The summed E-state index contributed by atoms with van der Waals surface area (Å²) in [6.45, 7) is 1.47. The fourth-order valence-electron chi connectivity index (χ4n) is 4.28. The summed E-state index contributed by atoms with van der Waals surface area (Å²) >= 11 is 0. The van der Waals surface area contributed by atoms with E-state index in [9.17, 15) is 9.18 Å². The summed E-state index contributed by atoms with van der Waals surface area (Å²) in [5.74, 6) is 1.58. The van der Waals surface area contributed by atoms with Crippen molar-refractivity contribution >= 4 is 5.91 Å². The van der Waals surface area contributed by atoms with Crippen molar-refractivity contribution in [3.8, 4) is 11.5 Å². The van der Waals surface area contributed by atoms with Crippen LogP contribution in [0.5, 0.6) is 0 Å². The zero-order chi connectivity index (χ0) is 18.6. The Kier molecular flexibility index (Phi) is 5.50. The molecule has 6 heteroatoms. The van der Waals surface area contributed by atoms with Gasteiger partial charge >= 0.3 is 0 Å². The lowest BCUT2D eigenvalue weighted by molar-refractivity contribution is -0.133. The van der Waals surface area contributed by atoms with Crippen LogP contribution >= 0.6 is 0 Å². The summed E-state index contributed by atoms with van der Waals surface area (Å²) in [6, 6.07) is 6.03. The van der Waals surface area contributed by atoms with Gasteiger partial charge in [0.2, 0.25) is 17.7 Å².